The highest BCUT2D eigenvalue weighted by atomic mass is 79.9. The minimum atomic E-state index is 0.784. The average molecular weight is 335 g/mol. The lowest BCUT2D eigenvalue weighted by molar-refractivity contribution is 0.627. The minimum absolute atomic E-state index is 0.784. The molecule has 0 saturated carbocycles. The number of alkyl halides is 1. The van der Waals surface area contributed by atoms with Gasteiger partial charge in [0, 0.05) is 56.3 Å². The van der Waals surface area contributed by atoms with Gasteiger partial charge < -0.3 is 9.80 Å². The predicted octanol–water partition coefficient (Wildman–Crippen LogP) is 1.49. The number of rotatable bonds is 3. The smallest absolute Gasteiger partial charge is 0.225 e. The van der Waals surface area contributed by atoms with Crippen LogP contribution in [0.15, 0.2) is 30.9 Å². The Bertz CT molecular complexity index is 539. The fourth-order valence-electron chi connectivity index (χ4n) is 2.14. The van der Waals surface area contributed by atoms with E-state index in [-0.39, 0.29) is 0 Å². The molecule has 2 aromatic rings. The van der Waals surface area contributed by atoms with Crippen molar-refractivity contribution in [3.63, 3.8) is 0 Å². The van der Waals surface area contributed by atoms with Gasteiger partial charge in [-0.1, -0.05) is 15.9 Å². The van der Waals surface area contributed by atoms with Crippen molar-refractivity contribution in [2.24, 2.45) is 0 Å². The normalized spacial score (nSPS) is 15.4. The molecule has 20 heavy (non-hydrogen) atoms. The van der Waals surface area contributed by atoms with Crippen molar-refractivity contribution in [1.82, 2.24) is 19.9 Å². The van der Waals surface area contributed by atoms with E-state index in [0.717, 1.165) is 49.0 Å². The van der Waals surface area contributed by atoms with Gasteiger partial charge >= 0.3 is 0 Å². The lowest BCUT2D eigenvalue weighted by atomic mass is 10.3. The first kappa shape index (κ1) is 13.2. The zero-order chi connectivity index (χ0) is 13.8. The molecule has 0 amide bonds. The number of piperazine rings is 1. The second-order valence-electron chi connectivity index (χ2n) is 4.55. The Morgan fingerprint density at radius 3 is 1.85 bits per heavy atom. The van der Waals surface area contributed by atoms with Crippen LogP contribution in [0.3, 0.4) is 0 Å². The average Bonchev–Trinajstić information content (AvgIpc) is 2.56. The van der Waals surface area contributed by atoms with Gasteiger partial charge in [-0.05, 0) is 11.6 Å². The summed E-state index contributed by atoms with van der Waals surface area (Å²) in [6.07, 6.45) is 7.28. The Kier molecular flexibility index (Phi) is 4.05. The molecule has 7 heteroatoms. The van der Waals surface area contributed by atoms with Crippen LogP contribution in [0.2, 0.25) is 0 Å². The summed E-state index contributed by atoms with van der Waals surface area (Å²) in [5.41, 5.74) is 1.09. The van der Waals surface area contributed by atoms with E-state index in [0.29, 0.717) is 0 Å². The molecule has 1 aliphatic rings. The summed E-state index contributed by atoms with van der Waals surface area (Å²) >= 11 is 3.40. The summed E-state index contributed by atoms with van der Waals surface area (Å²) in [6.45, 7) is 3.53. The zero-order valence-corrected chi connectivity index (χ0v) is 12.6. The Hall–Kier alpha value is -1.76. The molecule has 0 radical (unpaired) electrons. The lowest BCUT2D eigenvalue weighted by Gasteiger charge is -2.34. The van der Waals surface area contributed by atoms with Gasteiger partial charge in [-0.3, -0.25) is 0 Å². The molecule has 0 atom stereocenters. The zero-order valence-electron chi connectivity index (χ0n) is 11.0. The van der Waals surface area contributed by atoms with Gasteiger partial charge in [-0.25, -0.2) is 19.9 Å². The number of anilines is 2. The number of halogens is 1. The van der Waals surface area contributed by atoms with Crippen LogP contribution in [0.1, 0.15) is 5.56 Å². The van der Waals surface area contributed by atoms with Crippen molar-refractivity contribution in [3.05, 3.63) is 36.4 Å². The molecule has 0 unspecified atom stereocenters. The van der Waals surface area contributed by atoms with E-state index in [9.17, 15) is 0 Å². The minimum Gasteiger partial charge on any atom is -0.337 e. The van der Waals surface area contributed by atoms with Crippen molar-refractivity contribution in [3.8, 4) is 0 Å². The van der Waals surface area contributed by atoms with Crippen molar-refractivity contribution in [2.45, 2.75) is 5.33 Å². The Labute approximate surface area is 126 Å². The summed E-state index contributed by atoms with van der Waals surface area (Å²) in [5, 5.41) is 0.784. The highest BCUT2D eigenvalue weighted by Crippen LogP contribution is 2.14. The molecular formula is C13H15BrN6. The molecule has 104 valence electrons. The van der Waals surface area contributed by atoms with E-state index in [1.165, 1.54) is 0 Å². The van der Waals surface area contributed by atoms with Crippen LogP contribution < -0.4 is 9.80 Å². The molecule has 1 saturated heterocycles. The number of nitrogens with zero attached hydrogens (tertiary/aromatic N) is 6. The van der Waals surface area contributed by atoms with Crippen LogP contribution >= 0.6 is 15.9 Å². The molecule has 1 aliphatic heterocycles. The SMILES string of the molecule is BrCc1cnc(N2CCN(c3ncccn3)CC2)nc1. The van der Waals surface area contributed by atoms with Gasteiger partial charge in [0.2, 0.25) is 11.9 Å². The van der Waals surface area contributed by atoms with E-state index in [4.69, 9.17) is 0 Å². The topological polar surface area (TPSA) is 58.0 Å². The molecular weight excluding hydrogens is 320 g/mol. The second kappa shape index (κ2) is 6.13. The molecule has 0 aliphatic carbocycles. The van der Waals surface area contributed by atoms with Gasteiger partial charge in [0.05, 0.1) is 0 Å². The van der Waals surface area contributed by atoms with Crippen molar-refractivity contribution < 1.29 is 0 Å². The molecule has 2 aromatic heterocycles. The van der Waals surface area contributed by atoms with Crippen molar-refractivity contribution >= 4 is 27.8 Å². The molecule has 0 bridgehead atoms. The maximum absolute atomic E-state index is 4.41. The third-order valence-electron chi connectivity index (χ3n) is 3.24. The maximum atomic E-state index is 4.41. The lowest BCUT2D eigenvalue weighted by Crippen LogP contribution is -2.47. The van der Waals surface area contributed by atoms with Crippen LogP contribution in [0.4, 0.5) is 11.9 Å². The van der Waals surface area contributed by atoms with E-state index in [1.807, 2.05) is 18.5 Å². The third-order valence-corrected chi connectivity index (χ3v) is 3.89. The van der Waals surface area contributed by atoms with Gasteiger partial charge in [0.15, 0.2) is 0 Å². The molecule has 6 nitrogen and oxygen atoms in total. The van der Waals surface area contributed by atoms with Crippen LogP contribution in [0.5, 0.6) is 0 Å². The summed E-state index contributed by atoms with van der Waals surface area (Å²) in [7, 11) is 0. The van der Waals surface area contributed by atoms with Gasteiger partial charge in [0.25, 0.3) is 0 Å². The Morgan fingerprint density at radius 2 is 1.35 bits per heavy atom. The molecule has 0 aromatic carbocycles. The molecule has 0 spiro atoms. The van der Waals surface area contributed by atoms with E-state index in [1.54, 1.807) is 12.4 Å². The van der Waals surface area contributed by atoms with Crippen LogP contribution in [-0.4, -0.2) is 46.1 Å². The summed E-state index contributed by atoms with van der Waals surface area (Å²) in [6, 6.07) is 1.83. The highest BCUT2D eigenvalue weighted by molar-refractivity contribution is 9.08. The molecule has 0 N–H and O–H groups in total. The summed E-state index contributed by atoms with van der Waals surface area (Å²) in [4.78, 5) is 21.8. The Morgan fingerprint density at radius 1 is 0.850 bits per heavy atom. The standard InChI is InChI=1S/C13H15BrN6/c14-8-11-9-17-13(18-10-11)20-6-4-19(5-7-20)12-15-2-1-3-16-12/h1-3,9-10H,4-8H2. The van der Waals surface area contributed by atoms with Crippen LogP contribution in [0, 0.1) is 0 Å². The highest BCUT2D eigenvalue weighted by Gasteiger charge is 2.20. The monoisotopic (exact) mass is 334 g/mol. The van der Waals surface area contributed by atoms with Crippen LogP contribution in [0.25, 0.3) is 0 Å². The number of hydrogen-bond acceptors (Lipinski definition) is 6. The molecule has 3 rings (SSSR count). The second-order valence-corrected chi connectivity index (χ2v) is 5.11. The largest absolute Gasteiger partial charge is 0.337 e. The fraction of sp³-hybridized carbons (Fsp3) is 0.385. The first-order valence-corrected chi connectivity index (χ1v) is 7.63. The van der Waals surface area contributed by atoms with E-state index in [2.05, 4.69) is 45.7 Å². The summed E-state index contributed by atoms with van der Waals surface area (Å²) in [5.74, 6) is 1.59. The fourth-order valence-corrected chi connectivity index (χ4v) is 2.43. The third kappa shape index (κ3) is 2.87. The first-order valence-electron chi connectivity index (χ1n) is 6.50. The van der Waals surface area contributed by atoms with Gasteiger partial charge in [-0.15, -0.1) is 0 Å². The number of hydrogen-bond donors (Lipinski definition) is 0. The first-order chi connectivity index (χ1) is 9.86. The molecule has 3 heterocycles. The predicted molar refractivity (Wildman–Crippen MR) is 81.1 cm³/mol. The van der Waals surface area contributed by atoms with Gasteiger partial charge in [0.1, 0.15) is 0 Å². The molecule has 1 fully saturated rings. The van der Waals surface area contributed by atoms with Crippen molar-refractivity contribution in [2.75, 3.05) is 36.0 Å². The van der Waals surface area contributed by atoms with E-state index < -0.39 is 0 Å². The maximum Gasteiger partial charge on any atom is 0.225 e. The van der Waals surface area contributed by atoms with E-state index >= 15 is 0 Å². The quantitative estimate of drug-likeness (QED) is 0.792. The summed E-state index contributed by atoms with van der Waals surface area (Å²) < 4.78 is 0. The number of aromatic nitrogens is 4. The Balaban J connectivity index is 1.63. The van der Waals surface area contributed by atoms with Crippen molar-refractivity contribution in [1.29, 1.82) is 0 Å². The van der Waals surface area contributed by atoms with Crippen LogP contribution in [-0.2, 0) is 5.33 Å². The van der Waals surface area contributed by atoms with Gasteiger partial charge in [-0.2, -0.15) is 0 Å².